The summed E-state index contributed by atoms with van der Waals surface area (Å²) in [5.41, 5.74) is 4.83. The molecule has 5 aromatic rings. The van der Waals surface area contributed by atoms with Crippen LogP contribution in [-0.4, -0.2) is 49.4 Å². The van der Waals surface area contributed by atoms with Crippen molar-refractivity contribution >= 4 is 5.97 Å². The van der Waals surface area contributed by atoms with Gasteiger partial charge in [-0.05, 0) is 34.7 Å². The average molecular weight is 717 g/mol. The van der Waals surface area contributed by atoms with Crippen molar-refractivity contribution in [3.63, 3.8) is 0 Å². The van der Waals surface area contributed by atoms with E-state index in [4.69, 9.17) is 33.2 Å². The highest BCUT2D eigenvalue weighted by molar-refractivity contribution is 5.70. The molecule has 1 aliphatic rings. The number of benzene rings is 5. The summed E-state index contributed by atoms with van der Waals surface area (Å²) in [7, 11) is 0. The minimum absolute atomic E-state index is 0.129. The van der Waals surface area contributed by atoms with Crippen molar-refractivity contribution in [2.24, 2.45) is 0 Å². The molecule has 276 valence electrons. The van der Waals surface area contributed by atoms with E-state index in [1.807, 2.05) is 152 Å². The molecule has 0 aromatic heterocycles. The van der Waals surface area contributed by atoms with Crippen molar-refractivity contribution in [1.29, 1.82) is 0 Å². The monoisotopic (exact) mass is 716 g/mol. The van der Waals surface area contributed by atoms with Crippen LogP contribution in [-0.2, 0) is 71.0 Å². The molecule has 1 saturated heterocycles. The number of esters is 1. The standard InChI is InChI=1S/C45H48O8/c1-2-48-41(46)28-45(52-33-39-26-16-7-17-27-39)44(51-32-38-24-14-6-15-25-38)43(50-31-37-22-12-5-13-23-37)42(49-30-36-20-10-4-11-21-36)40(53-45)34-47-29-35-18-8-3-9-19-35/h3-27,40,42-44H,2,28-34H2,1H3/t40-,42-,43+,44-,45+/m1/s1. The Morgan fingerprint density at radius 2 is 0.962 bits per heavy atom. The van der Waals surface area contributed by atoms with Gasteiger partial charge in [0.05, 0.1) is 46.2 Å². The molecule has 8 nitrogen and oxygen atoms in total. The maximum absolute atomic E-state index is 13.6. The zero-order chi connectivity index (χ0) is 36.6. The van der Waals surface area contributed by atoms with Crippen LogP contribution in [0.15, 0.2) is 152 Å². The molecule has 0 bridgehead atoms. The van der Waals surface area contributed by atoms with E-state index in [0.717, 1.165) is 27.8 Å². The quantitative estimate of drug-likeness (QED) is 0.0792. The van der Waals surface area contributed by atoms with Gasteiger partial charge in [-0.3, -0.25) is 4.79 Å². The number of ether oxygens (including phenoxy) is 7. The van der Waals surface area contributed by atoms with Gasteiger partial charge in [0.15, 0.2) is 0 Å². The Morgan fingerprint density at radius 3 is 1.43 bits per heavy atom. The first-order valence-corrected chi connectivity index (χ1v) is 18.2. The molecule has 8 heteroatoms. The summed E-state index contributed by atoms with van der Waals surface area (Å²) in [5, 5.41) is 0. The van der Waals surface area contributed by atoms with Crippen LogP contribution < -0.4 is 0 Å². The van der Waals surface area contributed by atoms with Gasteiger partial charge in [-0.25, -0.2) is 0 Å². The third kappa shape index (κ3) is 11.2. The van der Waals surface area contributed by atoms with Crippen molar-refractivity contribution in [2.45, 2.75) is 76.6 Å². The lowest BCUT2D eigenvalue weighted by Gasteiger charge is -2.52. The fraction of sp³-hybridized carbons (Fsp3) is 0.311. The first-order valence-electron chi connectivity index (χ1n) is 18.2. The topological polar surface area (TPSA) is 81.7 Å². The highest BCUT2D eigenvalue weighted by Gasteiger charge is 2.59. The van der Waals surface area contributed by atoms with Crippen LogP contribution in [0.4, 0.5) is 0 Å². The van der Waals surface area contributed by atoms with Crippen LogP contribution in [0.25, 0.3) is 0 Å². The first-order chi connectivity index (χ1) is 26.1. The van der Waals surface area contributed by atoms with Crippen LogP contribution >= 0.6 is 0 Å². The Bertz CT molecular complexity index is 1760. The Labute approximate surface area is 312 Å². The van der Waals surface area contributed by atoms with Gasteiger partial charge in [0.25, 0.3) is 0 Å². The highest BCUT2D eigenvalue weighted by atomic mass is 16.7. The lowest BCUT2D eigenvalue weighted by Crippen LogP contribution is -2.68. The van der Waals surface area contributed by atoms with Crippen LogP contribution in [0.1, 0.15) is 41.2 Å². The second-order valence-corrected chi connectivity index (χ2v) is 13.0. The summed E-state index contributed by atoms with van der Waals surface area (Å²) < 4.78 is 46.3. The molecule has 0 N–H and O–H groups in total. The largest absolute Gasteiger partial charge is 0.466 e. The third-order valence-corrected chi connectivity index (χ3v) is 9.03. The number of hydrogen-bond donors (Lipinski definition) is 0. The molecule has 53 heavy (non-hydrogen) atoms. The highest BCUT2D eigenvalue weighted by Crippen LogP contribution is 2.41. The zero-order valence-corrected chi connectivity index (χ0v) is 30.2. The van der Waals surface area contributed by atoms with E-state index in [0.29, 0.717) is 6.61 Å². The Balaban J connectivity index is 1.41. The summed E-state index contributed by atoms with van der Waals surface area (Å²) in [6.07, 6.45) is -3.38. The van der Waals surface area contributed by atoms with E-state index in [1.165, 1.54) is 0 Å². The van der Waals surface area contributed by atoms with Gasteiger partial charge in [0, 0.05) is 0 Å². The van der Waals surface area contributed by atoms with Gasteiger partial charge in [0.2, 0.25) is 5.79 Å². The number of hydrogen-bond acceptors (Lipinski definition) is 8. The summed E-state index contributed by atoms with van der Waals surface area (Å²) >= 11 is 0. The van der Waals surface area contributed by atoms with Crippen molar-refractivity contribution < 1.29 is 38.0 Å². The Morgan fingerprint density at radius 1 is 0.547 bits per heavy atom. The molecule has 0 unspecified atom stereocenters. The molecule has 0 saturated carbocycles. The number of carbonyl (C=O) groups is 1. The lowest BCUT2D eigenvalue weighted by atomic mass is 9.89. The molecule has 0 amide bonds. The molecule has 1 heterocycles. The molecule has 0 spiro atoms. The molecule has 6 rings (SSSR count). The lowest BCUT2D eigenvalue weighted by molar-refractivity contribution is -0.386. The van der Waals surface area contributed by atoms with E-state index in [9.17, 15) is 4.79 Å². The summed E-state index contributed by atoms with van der Waals surface area (Å²) in [6.45, 7) is 3.35. The van der Waals surface area contributed by atoms with E-state index < -0.39 is 36.2 Å². The smallest absolute Gasteiger partial charge is 0.311 e. The molecule has 5 aromatic carbocycles. The van der Waals surface area contributed by atoms with E-state index in [-0.39, 0.29) is 46.1 Å². The Hall–Kier alpha value is -4.67. The van der Waals surface area contributed by atoms with Crippen LogP contribution in [0, 0.1) is 0 Å². The number of rotatable bonds is 19. The molecule has 5 atom stereocenters. The van der Waals surface area contributed by atoms with Gasteiger partial charge >= 0.3 is 5.97 Å². The fourth-order valence-corrected chi connectivity index (χ4v) is 6.42. The van der Waals surface area contributed by atoms with Gasteiger partial charge in [-0.15, -0.1) is 0 Å². The van der Waals surface area contributed by atoms with Crippen molar-refractivity contribution in [3.8, 4) is 0 Å². The van der Waals surface area contributed by atoms with Gasteiger partial charge in [-0.2, -0.15) is 0 Å². The summed E-state index contributed by atoms with van der Waals surface area (Å²) in [5.74, 6) is -2.13. The Kier molecular flexibility index (Phi) is 14.3. The van der Waals surface area contributed by atoms with Gasteiger partial charge in [-0.1, -0.05) is 152 Å². The summed E-state index contributed by atoms with van der Waals surface area (Å²) in [6, 6.07) is 49.5. The second kappa shape index (κ2) is 20.0. The molecular weight excluding hydrogens is 668 g/mol. The minimum Gasteiger partial charge on any atom is -0.466 e. The van der Waals surface area contributed by atoms with Gasteiger partial charge in [0.1, 0.15) is 30.8 Å². The van der Waals surface area contributed by atoms with Gasteiger partial charge < -0.3 is 33.2 Å². The van der Waals surface area contributed by atoms with Crippen molar-refractivity contribution in [3.05, 3.63) is 179 Å². The summed E-state index contributed by atoms with van der Waals surface area (Å²) in [4.78, 5) is 13.6. The maximum atomic E-state index is 13.6. The first kappa shape index (κ1) is 38.1. The van der Waals surface area contributed by atoms with E-state index >= 15 is 0 Å². The van der Waals surface area contributed by atoms with Crippen molar-refractivity contribution in [1.82, 2.24) is 0 Å². The van der Waals surface area contributed by atoms with Crippen LogP contribution in [0.2, 0.25) is 0 Å². The fourth-order valence-electron chi connectivity index (χ4n) is 6.42. The number of carbonyl (C=O) groups excluding carboxylic acids is 1. The molecule has 0 radical (unpaired) electrons. The van der Waals surface area contributed by atoms with Crippen LogP contribution in [0.5, 0.6) is 0 Å². The van der Waals surface area contributed by atoms with Crippen molar-refractivity contribution in [2.75, 3.05) is 13.2 Å². The molecule has 1 aliphatic heterocycles. The predicted octanol–water partition coefficient (Wildman–Crippen LogP) is 8.22. The average Bonchev–Trinajstić information content (AvgIpc) is 3.20. The van der Waals surface area contributed by atoms with E-state index in [1.54, 1.807) is 6.92 Å². The molecule has 0 aliphatic carbocycles. The third-order valence-electron chi connectivity index (χ3n) is 9.03. The van der Waals surface area contributed by atoms with Crippen LogP contribution in [0.3, 0.4) is 0 Å². The SMILES string of the molecule is CCOC(=O)C[C@]1(OCc2ccccc2)O[C@H](COCc2ccccc2)[C@@H](OCc2ccccc2)[C@H](OCc2ccccc2)[C@H]1OCc1ccccc1. The minimum atomic E-state index is -1.65. The molecular formula is C45H48O8. The predicted molar refractivity (Wildman–Crippen MR) is 201 cm³/mol. The normalized spacial score (nSPS) is 21.2. The maximum Gasteiger partial charge on any atom is 0.311 e. The van der Waals surface area contributed by atoms with E-state index in [2.05, 4.69) is 0 Å². The molecule has 1 fully saturated rings. The zero-order valence-electron chi connectivity index (χ0n) is 30.2. The second-order valence-electron chi connectivity index (χ2n) is 13.0.